The normalized spacial score (nSPS) is 17.8. The Morgan fingerprint density at radius 2 is 1.59 bits per heavy atom. The summed E-state index contributed by atoms with van der Waals surface area (Å²) in [6, 6.07) is 12.1. The van der Waals surface area contributed by atoms with E-state index in [0.29, 0.717) is 30.4 Å². The molecule has 0 radical (unpaired) electrons. The molecular weight excluding hydrogens is 407 g/mol. The van der Waals surface area contributed by atoms with Gasteiger partial charge >= 0.3 is 5.97 Å². The van der Waals surface area contributed by atoms with Crippen molar-refractivity contribution >= 4 is 17.6 Å². The summed E-state index contributed by atoms with van der Waals surface area (Å²) in [5.41, 5.74) is 4.04. The lowest BCUT2D eigenvalue weighted by molar-refractivity contribution is -0.138. The Morgan fingerprint density at radius 3 is 2.09 bits per heavy atom. The number of phenolic OH excluding ortho intramolecular Hbond substituents is 1. The van der Waals surface area contributed by atoms with Gasteiger partial charge in [0.25, 0.3) is 0 Å². The number of phenols is 1. The summed E-state index contributed by atoms with van der Waals surface area (Å²) in [6.07, 6.45) is 3.48. The van der Waals surface area contributed by atoms with E-state index in [4.69, 9.17) is 4.74 Å². The second kappa shape index (κ2) is 8.91. The van der Waals surface area contributed by atoms with Crippen molar-refractivity contribution in [3.63, 3.8) is 0 Å². The highest BCUT2D eigenvalue weighted by molar-refractivity contribution is 5.92. The van der Waals surface area contributed by atoms with Gasteiger partial charge in [-0.25, -0.2) is 9.18 Å². The van der Waals surface area contributed by atoms with Gasteiger partial charge in [0.05, 0.1) is 11.2 Å². The minimum absolute atomic E-state index is 0.338. The van der Waals surface area contributed by atoms with E-state index in [2.05, 4.69) is 27.7 Å². The number of ether oxygens (including phenoxy) is 1. The van der Waals surface area contributed by atoms with Gasteiger partial charge in [0, 0.05) is 5.57 Å². The maximum Gasteiger partial charge on any atom is 0.331 e. The largest absolute Gasteiger partial charge is 0.505 e. The average molecular weight is 439 g/mol. The van der Waals surface area contributed by atoms with Crippen LogP contribution in [0.4, 0.5) is 4.39 Å². The Kier molecular flexibility index (Phi) is 6.61. The quantitative estimate of drug-likeness (QED) is 0.518. The summed E-state index contributed by atoms with van der Waals surface area (Å²) >= 11 is 0. The molecule has 0 amide bonds. The Balaban J connectivity index is 2.15. The summed E-state index contributed by atoms with van der Waals surface area (Å²) in [6.45, 7) is 10.0. The van der Waals surface area contributed by atoms with Crippen molar-refractivity contribution in [2.24, 2.45) is 0 Å². The van der Waals surface area contributed by atoms with E-state index in [9.17, 15) is 19.4 Å². The lowest BCUT2D eigenvalue weighted by Gasteiger charge is -2.43. The number of halogens is 1. The summed E-state index contributed by atoms with van der Waals surface area (Å²) < 4.78 is 20.5. The molecule has 0 aromatic heterocycles. The first-order chi connectivity index (χ1) is 14.9. The molecule has 5 heteroatoms. The summed E-state index contributed by atoms with van der Waals surface area (Å²) in [4.78, 5) is 11.3. The van der Waals surface area contributed by atoms with E-state index in [1.165, 1.54) is 12.1 Å². The topological polar surface area (TPSA) is 66.8 Å². The number of aromatic hydroxyl groups is 1. The first-order valence-corrected chi connectivity index (χ1v) is 10.9. The molecule has 0 saturated carbocycles. The molecule has 1 aliphatic heterocycles. The number of carbonyl (C=O) groups is 1. The monoisotopic (exact) mass is 438 g/mol. The van der Waals surface area contributed by atoms with Gasteiger partial charge in [-0.3, -0.25) is 0 Å². The van der Waals surface area contributed by atoms with Crippen LogP contribution in [0.1, 0.15) is 70.6 Å². The van der Waals surface area contributed by atoms with Gasteiger partial charge in [0.2, 0.25) is 0 Å². The number of carboxylic acids is 1. The van der Waals surface area contributed by atoms with Crippen molar-refractivity contribution in [2.45, 2.75) is 65.1 Å². The van der Waals surface area contributed by atoms with Crippen LogP contribution in [0.2, 0.25) is 0 Å². The van der Waals surface area contributed by atoms with Gasteiger partial charge in [0.1, 0.15) is 0 Å². The van der Waals surface area contributed by atoms with Gasteiger partial charge in [0.15, 0.2) is 11.6 Å². The van der Waals surface area contributed by atoms with Crippen molar-refractivity contribution in [1.82, 2.24) is 0 Å². The molecule has 0 atom stereocenters. The van der Waals surface area contributed by atoms with E-state index >= 15 is 0 Å². The van der Waals surface area contributed by atoms with Gasteiger partial charge in [-0.15, -0.1) is 0 Å². The number of carboxylic acid groups (broad SMARTS) is 1. The lowest BCUT2D eigenvalue weighted by atomic mass is 9.79. The average Bonchev–Trinajstić information content (AvgIpc) is 2.67. The zero-order valence-corrected chi connectivity index (χ0v) is 19.3. The second-order valence-electron chi connectivity index (χ2n) is 9.57. The van der Waals surface area contributed by atoms with Crippen LogP contribution in [0.15, 0.2) is 53.6 Å². The Hall–Kier alpha value is -2.92. The smallest absolute Gasteiger partial charge is 0.331 e. The fourth-order valence-corrected chi connectivity index (χ4v) is 4.59. The van der Waals surface area contributed by atoms with Crippen LogP contribution in [0.5, 0.6) is 5.75 Å². The Bertz CT molecular complexity index is 1060. The van der Waals surface area contributed by atoms with Crippen LogP contribution in [0.25, 0.3) is 11.6 Å². The first kappa shape index (κ1) is 23.7. The molecule has 4 nitrogen and oxygen atoms in total. The van der Waals surface area contributed by atoms with Crippen molar-refractivity contribution < 1.29 is 24.1 Å². The first-order valence-electron chi connectivity index (χ1n) is 10.9. The van der Waals surface area contributed by atoms with Crippen molar-refractivity contribution in [1.29, 1.82) is 0 Å². The molecule has 32 heavy (non-hydrogen) atoms. The maximum atomic E-state index is 14.3. The fraction of sp³-hybridized carbons (Fsp3) is 0.370. The Morgan fingerprint density at radius 1 is 1.03 bits per heavy atom. The summed E-state index contributed by atoms with van der Waals surface area (Å²) in [7, 11) is 0. The molecule has 1 heterocycles. The lowest BCUT2D eigenvalue weighted by Crippen LogP contribution is -2.42. The minimum Gasteiger partial charge on any atom is -0.505 e. The van der Waals surface area contributed by atoms with Crippen LogP contribution < -0.4 is 0 Å². The van der Waals surface area contributed by atoms with Crippen molar-refractivity contribution in [2.75, 3.05) is 0 Å². The highest BCUT2D eigenvalue weighted by atomic mass is 19.1. The molecule has 0 spiro atoms. The zero-order valence-electron chi connectivity index (χ0n) is 19.3. The molecule has 2 aromatic rings. The molecule has 170 valence electrons. The van der Waals surface area contributed by atoms with E-state index in [1.807, 2.05) is 31.2 Å². The van der Waals surface area contributed by atoms with E-state index in [0.717, 1.165) is 22.3 Å². The van der Waals surface area contributed by atoms with Crippen LogP contribution in [-0.4, -0.2) is 27.4 Å². The molecule has 3 rings (SSSR count). The molecule has 1 fully saturated rings. The highest BCUT2D eigenvalue weighted by Gasteiger charge is 2.37. The van der Waals surface area contributed by atoms with E-state index in [1.54, 1.807) is 12.1 Å². The Labute approximate surface area is 189 Å². The number of hydrogen-bond acceptors (Lipinski definition) is 3. The molecule has 0 bridgehead atoms. The summed E-state index contributed by atoms with van der Waals surface area (Å²) in [5.74, 6) is -1.97. The number of rotatable bonds is 5. The van der Waals surface area contributed by atoms with Gasteiger partial charge < -0.3 is 14.9 Å². The van der Waals surface area contributed by atoms with Crippen LogP contribution in [0.3, 0.4) is 0 Å². The third-order valence-electron chi connectivity index (χ3n) is 5.62. The van der Waals surface area contributed by atoms with E-state index in [-0.39, 0.29) is 17.0 Å². The molecular formula is C27H31FO4. The highest BCUT2D eigenvalue weighted by Crippen LogP contribution is 2.43. The van der Waals surface area contributed by atoms with Crippen LogP contribution in [0, 0.1) is 5.82 Å². The standard InChI is InChI=1S/C27H31FO4/c1-6-18(25(30)31)13-17-7-9-19(10-8-17)24(20-11-12-23(29)22(28)14-20)21-15-26(2,3)32-27(4,5)16-21/h7-14,29H,6,15-16H2,1-5H3,(H,30,31). The molecule has 1 aliphatic rings. The fourth-order valence-electron chi connectivity index (χ4n) is 4.59. The zero-order chi connectivity index (χ0) is 23.7. The van der Waals surface area contributed by atoms with Crippen molar-refractivity contribution in [3.05, 3.63) is 76.1 Å². The number of hydrogen-bond donors (Lipinski definition) is 2. The molecule has 2 N–H and O–H groups in total. The predicted octanol–water partition coefficient (Wildman–Crippen LogP) is 6.58. The number of aliphatic carboxylic acids is 1. The van der Waals surface area contributed by atoms with Crippen LogP contribution in [-0.2, 0) is 9.53 Å². The second-order valence-corrected chi connectivity index (χ2v) is 9.57. The van der Waals surface area contributed by atoms with Gasteiger partial charge in [-0.05, 0) is 87.4 Å². The van der Waals surface area contributed by atoms with E-state index < -0.39 is 11.8 Å². The third kappa shape index (κ3) is 5.46. The molecule has 2 aromatic carbocycles. The third-order valence-corrected chi connectivity index (χ3v) is 5.62. The maximum absolute atomic E-state index is 14.3. The molecule has 1 saturated heterocycles. The van der Waals surface area contributed by atoms with Crippen molar-refractivity contribution in [3.8, 4) is 5.75 Å². The molecule has 0 aliphatic carbocycles. The number of benzene rings is 2. The van der Waals surface area contributed by atoms with Crippen LogP contribution >= 0.6 is 0 Å². The predicted molar refractivity (Wildman–Crippen MR) is 125 cm³/mol. The minimum atomic E-state index is -0.925. The molecule has 0 unspecified atom stereocenters. The summed E-state index contributed by atoms with van der Waals surface area (Å²) in [5, 5.41) is 19.0. The van der Waals surface area contributed by atoms with Gasteiger partial charge in [-0.2, -0.15) is 0 Å². The SMILES string of the molecule is CCC(=Cc1ccc(C(=C2CC(C)(C)OC(C)(C)C2)c2ccc(O)c(F)c2)cc1)C(=O)O. The van der Waals surface area contributed by atoms with Gasteiger partial charge in [-0.1, -0.05) is 42.8 Å².